The Hall–Kier alpha value is -1.56. The summed E-state index contributed by atoms with van der Waals surface area (Å²) in [6, 6.07) is 0.501. The summed E-state index contributed by atoms with van der Waals surface area (Å²) in [7, 11) is 2.07. The zero-order chi connectivity index (χ0) is 15.5. The Morgan fingerprint density at radius 3 is 2.77 bits per heavy atom. The molecule has 3 rings (SSSR count). The van der Waals surface area contributed by atoms with E-state index in [0.29, 0.717) is 30.8 Å². The van der Waals surface area contributed by atoms with Crippen molar-refractivity contribution >= 4 is 5.91 Å². The number of rotatable bonds is 6. The van der Waals surface area contributed by atoms with Crippen molar-refractivity contribution in [1.82, 2.24) is 19.4 Å². The van der Waals surface area contributed by atoms with Crippen LogP contribution in [0.4, 0.5) is 0 Å². The van der Waals surface area contributed by atoms with Crippen molar-refractivity contribution in [1.29, 1.82) is 0 Å². The highest BCUT2D eigenvalue weighted by Gasteiger charge is 2.35. The van der Waals surface area contributed by atoms with E-state index in [0.717, 1.165) is 19.6 Å². The molecule has 1 saturated carbocycles. The van der Waals surface area contributed by atoms with Crippen LogP contribution in [0.3, 0.4) is 0 Å². The third-order valence-electron chi connectivity index (χ3n) is 5.02. The number of likely N-dealkylation sites (tertiary alicyclic amines) is 1. The number of nitrogens with zero attached hydrogens (tertiary/aromatic N) is 3. The van der Waals surface area contributed by atoms with Crippen LogP contribution in [-0.4, -0.2) is 58.0 Å². The molecule has 122 valence electrons. The minimum absolute atomic E-state index is 0.0585. The summed E-state index contributed by atoms with van der Waals surface area (Å²) >= 11 is 0. The number of carbonyl (C=O) groups is 1. The number of likely N-dealkylation sites (N-methyl/N-ethyl adjacent to an activating group) is 1. The molecule has 1 N–H and O–H groups in total. The van der Waals surface area contributed by atoms with E-state index in [4.69, 9.17) is 0 Å². The number of hydrogen-bond acceptors (Lipinski definition) is 3. The number of hydrogen-bond donors (Lipinski definition) is 1. The molecule has 1 aliphatic heterocycles. The molecule has 2 heterocycles. The summed E-state index contributed by atoms with van der Waals surface area (Å²) in [6.45, 7) is 3.35. The topological polar surface area (TPSA) is 61.3 Å². The van der Waals surface area contributed by atoms with Crippen LogP contribution in [0.1, 0.15) is 32.1 Å². The van der Waals surface area contributed by atoms with Crippen LogP contribution in [0, 0.1) is 5.92 Å². The van der Waals surface area contributed by atoms with E-state index in [1.807, 2.05) is 0 Å². The fourth-order valence-corrected chi connectivity index (χ4v) is 3.84. The fourth-order valence-electron chi connectivity index (χ4n) is 3.84. The minimum Gasteiger partial charge on any atom is -0.339 e. The van der Waals surface area contributed by atoms with Crippen LogP contribution < -0.4 is 5.69 Å². The number of carbonyl (C=O) groups excluding carboxylic acids is 1. The van der Waals surface area contributed by atoms with Gasteiger partial charge in [0, 0.05) is 51.0 Å². The number of H-pyrrole nitrogens is 1. The van der Waals surface area contributed by atoms with Gasteiger partial charge in [-0.15, -0.1) is 0 Å². The lowest BCUT2D eigenvalue weighted by Crippen LogP contribution is -2.36. The summed E-state index contributed by atoms with van der Waals surface area (Å²) in [6.07, 6.45) is 9.03. The summed E-state index contributed by atoms with van der Waals surface area (Å²) in [5, 5.41) is 0. The number of amides is 1. The van der Waals surface area contributed by atoms with E-state index in [-0.39, 0.29) is 5.69 Å². The Balaban J connectivity index is 1.46. The second-order valence-electron chi connectivity index (χ2n) is 6.78. The third-order valence-corrected chi connectivity index (χ3v) is 5.02. The van der Waals surface area contributed by atoms with Gasteiger partial charge in [-0.1, -0.05) is 12.8 Å². The molecule has 2 fully saturated rings. The molecule has 0 spiro atoms. The molecule has 1 saturated heterocycles. The first-order chi connectivity index (χ1) is 10.6. The second-order valence-corrected chi connectivity index (χ2v) is 6.78. The lowest BCUT2D eigenvalue weighted by atomic mass is 10.1. The minimum atomic E-state index is -0.0585. The summed E-state index contributed by atoms with van der Waals surface area (Å²) in [5.41, 5.74) is -0.0585. The van der Waals surface area contributed by atoms with Crippen molar-refractivity contribution in [2.45, 2.75) is 44.7 Å². The standard InChI is InChI=1S/C16H26N4O2/c1-18(8-9-19-7-6-17-16(19)22)11-13-10-15(21)20(12-13)14-4-2-3-5-14/h6-7,13-14H,2-5,8-12H2,1H3,(H,17,22)/t13-/m0/s1. The smallest absolute Gasteiger partial charge is 0.325 e. The van der Waals surface area contributed by atoms with Crippen LogP contribution in [0.15, 0.2) is 17.2 Å². The predicted octanol–water partition coefficient (Wildman–Crippen LogP) is 0.899. The van der Waals surface area contributed by atoms with Crippen LogP contribution in [0.5, 0.6) is 0 Å². The van der Waals surface area contributed by atoms with E-state index >= 15 is 0 Å². The molecule has 1 amide bonds. The van der Waals surface area contributed by atoms with Gasteiger partial charge >= 0.3 is 5.69 Å². The Kier molecular flexibility index (Phi) is 4.66. The highest BCUT2D eigenvalue weighted by Crippen LogP contribution is 2.29. The van der Waals surface area contributed by atoms with Crippen molar-refractivity contribution in [2.75, 3.05) is 26.7 Å². The molecule has 0 aromatic carbocycles. The molecular weight excluding hydrogens is 280 g/mol. The van der Waals surface area contributed by atoms with Gasteiger partial charge in [0.05, 0.1) is 0 Å². The normalized spacial score (nSPS) is 23.1. The van der Waals surface area contributed by atoms with Gasteiger partial charge in [-0.3, -0.25) is 9.36 Å². The quantitative estimate of drug-likeness (QED) is 0.849. The number of imidazole rings is 1. The van der Waals surface area contributed by atoms with Crippen LogP contribution in [0.25, 0.3) is 0 Å². The highest BCUT2D eigenvalue weighted by molar-refractivity contribution is 5.79. The van der Waals surface area contributed by atoms with Crippen molar-refractivity contribution in [3.63, 3.8) is 0 Å². The molecule has 22 heavy (non-hydrogen) atoms. The largest absolute Gasteiger partial charge is 0.339 e. The zero-order valence-corrected chi connectivity index (χ0v) is 13.3. The third kappa shape index (κ3) is 3.43. The van der Waals surface area contributed by atoms with Gasteiger partial charge < -0.3 is 14.8 Å². The maximum atomic E-state index is 12.2. The fraction of sp³-hybridized carbons (Fsp3) is 0.750. The van der Waals surface area contributed by atoms with Crippen molar-refractivity contribution < 1.29 is 4.79 Å². The first-order valence-electron chi connectivity index (χ1n) is 8.35. The lowest BCUT2D eigenvalue weighted by molar-refractivity contribution is -0.129. The second kappa shape index (κ2) is 6.69. The Morgan fingerprint density at radius 1 is 1.32 bits per heavy atom. The maximum absolute atomic E-state index is 12.2. The van der Waals surface area contributed by atoms with Gasteiger partial charge in [0.2, 0.25) is 5.91 Å². The number of aromatic nitrogens is 2. The average Bonchev–Trinajstić information content (AvgIpc) is 3.18. The molecule has 1 aliphatic carbocycles. The average molecular weight is 306 g/mol. The van der Waals surface area contributed by atoms with E-state index in [1.165, 1.54) is 25.7 Å². The van der Waals surface area contributed by atoms with Gasteiger partial charge in [-0.05, 0) is 25.8 Å². The van der Waals surface area contributed by atoms with Crippen molar-refractivity contribution in [2.24, 2.45) is 5.92 Å². The van der Waals surface area contributed by atoms with Crippen molar-refractivity contribution in [3.8, 4) is 0 Å². The van der Waals surface area contributed by atoms with E-state index in [1.54, 1.807) is 17.0 Å². The van der Waals surface area contributed by atoms with Gasteiger partial charge in [-0.2, -0.15) is 0 Å². The summed E-state index contributed by atoms with van der Waals surface area (Å²) < 4.78 is 1.68. The van der Waals surface area contributed by atoms with Crippen LogP contribution >= 0.6 is 0 Å². The molecule has 1 atom stereocenters. The van der Waals surface area contributed by atoms with Crippen LogP contribution in [0.2, 0.25) is 0 Å². The van der Waals surface area contributed by atoms with E-state index in [2.05, 4.69) is 21.8 Å². The molecular formula is C16H26N4O2. The lowest BCUT2D eigenvalue weighted by Gasteiger charge is -2.25. The van der Waals surface area contributed by atoms with Gasteiger partial charge in [0.15, 0.2) is 0 Å². The Labute approximate surface area is 131 Å². The summed E-state index contributed by atoms with van der Waals surface area (Å²) in [4.78, 5) is 30.7. The molecule has 0 radical (unpaired) electrons. The molecule has 6 heteroatoms. The molecule has 1 aromatic heterocycles. The predicted molar refractivity (Wildman–Crippen MR) is 84.6 cm³/mol. The van der Waals surface area contributed by atoms with Crippen molar-refractivity contribution in [3.05, 3.63) is 22.9 Å². The first kappa shape index (κ1) is 15.3. The molecule has 6 nitrogen and oxygen atoms in total. The Bertz CT molecular complexity index is 558. The van der Waals surface area contributed by atoms with E-state index in [9.17, 15) is 9.59 Å². The molecule has 1 aromatic rings. The summed E-state index contributed by atoms with van der Waals surface area (Å²) in [5.74, 6) is 0.771. The molecule has 2 aliphatic rings. The van der Waals surface area contributed by atoms with E-state index < -0.39 is 0 Å². The highest BCUT2D eigenvalue weighted by atomic mass is 16.2. The number of nitrogens with one attached hydrogen (secondary N) is 1. The molecule has 0 bridgehead atoms. The SMILES string of the molecule is CN(CCn1cc[nH]c1=O)C[C@@H]1CC(=O)N(C2CCCC2)C1. The number of aromatic amines is 1. The van der Waals surface area contributed by atoms with Gasteiger partial charge in [0.25, 0.3) is 0 Å². The Morgan fingerprint density at radius 2 is 2.09 bits per heavy atom. The zero-order valence-electron chi connectivity index (χ0n) is 13.3. The van der Waals surface area contributed by atoms with Gasteiger partial charge in [0.1, 0.15) is 0 Å². The maximum Gasteiger partial charge on any atom is 0.325 e. The monoisotopic (exact) mass is 306 g/mol. The molecule has 0 unspecified atom stereocenters. The van der Waals surface area contributed by atoms with Gasteiger partial charge in [-0.25, -0.2) is 4.79 Å². The van der Waals surface area contributed by atoms with Crippen LogP contribution in [-0.2, 0) is 11.3 Å². The first-order valence-corrected chi connectivity index (χ1v) is 8.35.